The standard InChI is InChI=1S/C11H15ClFNO2S/c1-14-8(6-16-2)7-17(15)9-3-4-11(13)10(12)5-9/h3-5,8,14H,6-7H2,1-2H3. The topological polar surface area (TPSA) is 38.3 Å². The molecule has 0 saturated heterocycles. The number of methoxy groups -OCH3 is 1. The summed E-state index contributed by atoms with van der Waals surface area (Å²) in [4.78, 5) is 0.521. The molecule has 0 aliphatic heterocycles. The predicted molar refractivity (Wildman–Crippen MR) is 67.4 cm³/mol. The summed E-state index contributed by atoms with van der Waals surface area (Å²) >= 11 is 5.64. The number of hydrogen-bond acceptors (Lipinski definition) is 3. The van der Waals surface area contributed by atoms with Gasteiger partial charge in [-0.05, 0) is 25.2 Å². The summed E-state index contributed by atoms with van der Waals surface area (Å²) in [5.41, 5.74) is 0. The Labute approximate surface area is 108 Å². The molecule has 0 bridgehead atoms. The van der Waals surface area contributed by atoms with Gasteiger partial charge in [0, 0.05) is 23.8 Å². The van der Waals surface area contributed by atoms with Crippen LogP contribution in [0.15, 0.2) is 23.1 Å². The van der Waals surface area contributed by atoms with Gasteiger partial charge in [0.15, 0.2) is 0 Å². The summed E-state index contributed by atoms with van der Waals surface area (Å²) in [7, 11) is 2.13. The highest BCUT2D eigenvalue weighted by Gasteiger charge is 2.13. The normalized spacial score (nSPS) is 14.6. The van der Waals surface area contributed by atoms with Gasteiger partial charge in [-0.2, -0.15) is 0 Å². The molecule has 1 aromatic carbocycles. The van der Waals surface area contributed by atoms with Gasteiger partial charge in [0.2, 0.25) is 0 Å². The second-order valence-electron chi connectivity index (χ2n) is 3.53. The molecule has 0 aliphatic rings. The number of nitrogens with one attached hydrogen (secondary N) is 1. The molecule has 0 saturated carbocycles. The van der Waals surface area contributed by atoms with Gasteiger partial charge in [-0.25, -0.2) is 4.39 Å². The lowest BCUT2D eigenvalue weighted by Gasteiger charge is -2.14. The van der Waals surface area contributed by atoms with E-state index >= 15 is 0 Å². The van der Waals surface area contributed by atoms with Crippen LogP contribution in [0.3, 0.4) is 0 Å². The van der Waals surface area contributed by atoms with Crippen molar-refractivity contribution >= 4 is 22.4 Å². The molecule has 0 aliphatic carbocycles. The third kappa shape index (κ3) is 4.35. The first kappa shape index (κ1) is 14.6. The van der Waals surface area contributed by atoms with E-state index in [0.717, 1.165) is 0 Å². The third-order valence-electron chi connectivity index (χ3n) is 2.28. The van der Waals surface area contributed by atoms with Gasteiger partial charge in [0.1, 0.15) is 5.82 Å². The summed E-state index contributed by atoms with van der Waals surface area (Å²) in [6.45, 7) is 0.469. The second-order valence-corrected chi connectivity index (χ2v) is 5.43. The molecule has 0 fully saturated rings. The largest absolute Gasteiger partial charge is 0.383 e. The second kappa shape index (κ2) is 7.06. The fourth-order valence-electron chi connectivity index (χ4n) is 1.31. The first-order valence-electron chi connectivity index (χ1n) is 5.08. The first-order valence-corrected chi connectivity index (χ1v) is 6.77. The minimum Gasteiger partial charge on any atom is -0.383 e. The lowest BCUT2D eigenvalue weighted by molar-refractivity contribution is 0.176. The molecule has 2 atom stereocenters. The molecule has 17 heavy (non-hydrogen) atoms. The smallest absolute Gasteiger partial charge is 0.141 e. The maximum Gasteiger partial charge on any atom is 0.141 e. The van der Waals surface area contributed by atoms with E-state index in [1.54, 1.807) is 14.2 Å². The van der Waals surface area contributed by atoms with Crippen molar-refractivity contribution in [1.29, 1.82) is 0 Å². The minimum absolute atomic E-state index is 0.00957. The fourth-order valence-corrected chi connectivity index (χ4v) is 2.85. The monoisotopic (exact) mass is 279 g/mol. The maximum absolute atomic E-state index is 12.9. The Balaban J connectivity index is 2.72. The molecular weight excluding hydrogens is 265 g/mol. The van der Waals surface area contributed by atoms with E-state index in [0.29, 0.717) is 17.3 Å². The first-order chi connectivity index (χ1) is 8.08. The fraction of sp³-hybridized carbons (Fsp3) is 0.455. The van der Waals surface area contributed by atoms with Crippen molar-refractivity contribution in [3.8, 4) is 0 Å². The Morgan fingerprint density at radius 1 is 1.59 bits per heavy atom. The Hall–Kier alpha value is -0.490. The van der Waals surface area contributed by atoms with E-state index in [1.165, 1.54) is 18.2 Å². The van der Waals surface area contributed by atoms with Crippen molar-refractivity contribution in [2.24, 2.45) is 0 Å². The minimum atomic E-state index is -1.23. The number of likely N-dealkylation sites (N-methyl/N-ethyl adjacent to an activating group) is 1. The molecule has 1 rings (SSSR count). The Bertz CT molecular complexity index is 403. The molecule has 1 N–H and O–H groups in total. The molecule has 0 amide bonds. The molecule has 3 nitrogen and oxygen atoms in total. The Kier molecular flexibility index (Phi) is 6.05. The molecular formula is C11H15ClFNO2S. The van der Waals surface area contributed by atoms with Gasteiger partial charge in [-0.3, -0.25) is 4.21 Å². The molecule has 1 aromatic rings. The maximum atomic E-state index is 12.9. The Morgan fingerprint density at radius 3 is 2.82 bits per heavy atom. The summed E-state index contributed by atoms with van der Waals surface area (Å²) < 4.78 is 29.9. The number of rotatable bonds is 6. The van der Waals surface area contributed by atoms with Crippen LogP contribution in [0.2, 0.25) is 5.02 Å². The van der Waals surface area contributed by atoms with Crippen LogP contribution in [0.4, 0.5) is 4.39 Å². The summed E-state index contributed by atoms with van der Waals surface area (Å²) in [6, 6.07) is 4.09. The average molecular weight is 280 g/mol. The predicted octanol–water partition coefficient (Wildman–Crippen LogP) is 1.82. The highest BCUT2D eigenvalue weighted by Crippen LogP contribution is 2.18. The van der Waals surface area contributed by atoms with Crippen molar-refractivity contribution in [2.45, 2.75) is 10.9 Å². The zero-order chi connectivity index (χ0) is 12.8. The van der Waals surface area contributed by atoms with Crippen molar-refractivity contribution in [3.63, 3.8) is 0 Å². The van der Waals surface area contributed by atoms with Gasteiger partial charge >= 0.3 is 0 Å². The van der Waals surface area contributed by atoms with E-state index in [-0.39, 0.29) is 11.1 Å². The van der Waals surface area contributed by atoms with E-state index in [9.17, 15) is 8.60 Å². The van der Waals surface area contributed by atoms with Crippen LogP contribution in [0.5, 0.6) is 0 Å². The molecule has 96 valence electrons. The van der Waals surface area contributed by atoms with E-state index in [1.807, 2.05) is 0 Å². The number of hydrogen-bond donors (Lipinski definition) is 1. The van der Waals surface area contributed by atoms with Crippen molar-refractivity contribution in [2.75, 3.05) is 26.5 Å². The Morgan fingerprint density at radius 2 is 2.29 bits per heavy atom. The lowest BCUT2D eigenvalue weighted by Crippen LogP contribution is -2.35. The van der Waals surface area contributed by atoms with Crippen LogP contribution < -0.4 is 5.32 Å². The molecule has 0 heterocycles. The highest BCUT2D eigenvalue weighted by molar-refractivity contribution is 7.85. The third-order valence-corrected chi connectivity index (χ3v) is 4.06. The zero-order valence-corrected chi connectivity index (χ0v) is 11.3. The molecule has 0 aromatic heterocycles. The molecule has 2 unspecified atom stereocenters. The highest BCUT2D eigenvalue weighted by atomic mass is 35.5. The SMILES string of the molecule is CNC(COC)CS(=O)c1ccc(F)c(Cl)c1. The van der Waals surface area contributed by atoms with Crippen molar-refractivity contribution in [3.05, 3.63) is 29.0 Å². The average Bonchev–Trinajstić information content (AvgIpc) is 2.31. The summed E-state index contributed by atoms with van der Waals surface area (Å²) in [5.74, 6) is -0.110. The zero-order valence-electron chi connectivity index (χ0n) is 9.70. The molecule has 0 radical (unpaired) electrons. The van der Waals surface area contributed by atoms with Gasteiger partial charge in [-0.15, -0.1) is 0 Å². The quantitative estimate of drug-likeness (QED) is 0.863. The van der Waals surface area contributed by atoms with E-state index in [2.05, 4.69) is 5.32 Å². The van der Waals surface area contributed by atoms with Gasteiger partial charge < -0.3 is 10.1 Å². The summed E-state index contributed by atoms with van der Waals surface area (Å²) in [5, 5.41) is 2.99. The van der Waals surface area contributed by atoms with Crippen LogP contribution in [0.1, 0.15) is 0 Å². The molecule has 6 heteroatoms. The number of benzene rings is 1. The molecule has 0 spiro atoms. The van der Waals surface area contributed by atoms with Crippen molar-refractivity contribution < 1.29 is 13.3 Å². The van der Waals surface area contributed by atoms with E-state index in [4.69, 9.17) is 16.3 Å². The van der Waals surface area contributed by atoms with Gasteiger partial charge in [0.25, 0.3) is 0 Å². The number of halogens is 2. The van der Waals surface area contributed by atoms with Crippen LogP contribution in [0.25, 0.3) is 0 Å². The van der Waals surface area contributed by atoms with E-state index < -0.39 is 16.6 Å². The summed E-state index contributed by atoms with van der Waals surface area (Å²) in [6.07, 6.45) is 0. The van der Waals surface area contributed by atoms with Gasteiger partial charge in [-0.1, -0.05) is 11.6 Å². The van der Waals surface area contributed by atoms with Crippen LogP contribution in [-0.4, -0.2) is 36.8 Å². The van der Waals surface area contributed by atoms with Crippen molar-refractivity contribution in [1.82, 2.24) is 5.32 Å². The van der Waals surface area contributed by atoms with Crippen LogP contribution in [-0.2, 0) is 15.5 Å². The van der Waals surface area contributed by atoms with Gasteiger partial charge in [0.05, 0.1) is 22.4 Å². The number of ether oxygens (including phenoxy) is 1. The lowest BCUT2D eigenvalue weighted by atomic mass is 10.3. The van der Waals surface area contributed by atoms with Crippen LogP contribution in [0, 0.1) is 5.82 Å². The van der Waals surface area contributed by atoms with Crippen LogP contribution >= 0.6 is 11.6 Å².